The van der Waals surface area contributed by atoms with E-state index in [1.807, 2.05) is 0 Å². The van der Waals surface area contributed by atoms with Crippen LogP contribution in [0.5, 0.6) is 0 Å². The lowest BCUT2D eigenvalue weighted by Gasteiger charge is -2.33. The number of halogens is 2. The van der Waals surface area contributed by atoms with Crippen molar-refractivity contribution >= 4 is 5.91 Å². The summed E-state index contributed by atoms with van der Waals surface area (Å²) in [5, 5.41) is 9.18. The van der Waals surface area contributed by atoms with Crippen LogP contribution in [-0.4, -0.2) is 34.5 Å². The zero-order valence-electron chi connectivity index (χ0n) is 6.79. The molecule has 1 heterocycles. The lowest BCUT2D eigenvalue weighted by atomic mass is 9.93. The van der Waals surface area contributed by atoms with E-state index in [-0.39, 0.29) is 0 Å². The highest BCUT2D eigenvalue weighted by Gasteiger charge is 2.59. The summed E-state index contributed by atoms with van der Waals surface area (Å²) < 4.78 is 26.1. The Bertz CT molecular complexity index is 319. The van der Waals surface area contributed by atoms with Gasteiger partial charge in [0.15, 0.2) is 0 Å². The van der Waals surface area contributed by atoms with Crippen LogP contribution in [0.3, 0.4) is 0 Å². The monoisotopic (exact) mass is 187 g/mol. The molecule has 0 saturated heterocycles. The maximum atomic E-state index is 13.1. The quantitative estimate of drug-likeness (QED) is 0.541. The Balaban J connectivity index is 3.25. The largest absolute Gasteiger partial charge is 0.368 e. The molecule has 70 valence electrons. The van der Waals surface area contributed by atoms with Crippen LogP contribution < -0.4 is 0 Å². The third kappa shape index (κ3) is 1.11. The van der Waals surface area contributed by atoms with Gasteiger partial charge < -0.3 is 10.0 Å². The van der Waals surface area contributed by atoms with Gasteiger partial charge in [0.2, 0.25) is 5.60 Å². The first kappa shape index (κ1) is 9.68. The minimum atomic E-state index is -3.97. The van der Waals surface area contributed by atoms with Gasteiger partial charge in [0.05, 0.1) is 0 Å². The maximum absolute atomic E-state index is 13.1. The highest BCUT2D eigenvalue weighted by atomic mass is 19.3. The maximum Gasteiger partial charge on any atom is 0.367 e. The van der Waals surface area contributed by atoms with Gasteiger partial charge in [-0.15, -0.1) is 6.42 Å². The van der Waals surface area contributed by atoms with E-state index in [4.69, 9.17) is 6.42 Å². The van der Waals surface area contributed by atoms with Crippen molar-refractivity contribution in [1.82, 2.24) is 4.90 Å². The van der Waals surface area contributed by atoms with Gasteiger partial charge in [-0.2, -0.15) is 8.78 Å². The number of hydrogen-bond acceptors (Lipinski definition) is 2. The molecule has 1 N–H and O–H groups in total. The average molecular weight is 187 g/mol. The predicted octanol–water partition coefficient (Wildman–Crippen LogP) is -0.0283. The van der Waals surface area contributed by atoms with E-state index in [0.717, 1.165) is 13.2 Å². The van der Waals surface area contributed by atoms with Gasteiger partial charge in [-0.3, -0.25) is 4.79 Å². The molecule has 0 aromatic heterocycles. The van der Waals surface area contributed by atoms with Crippen LogP contribution in [0, 0.1) is 12.3 Å². The molecule has 1 rings (SSSR count). The molecule has 0 bridgehead atoms. The molecular weight excluding hydrogens is 180 g/mol. The van der Waals surface area contributed by atoms with Crippen molar-refractivity contribution < 1.29 is 18.7 Å². The number of nitrogens with zero attached hydrogens (tertiary/aromatic N) is 1. The van der Waals surface area contributed by atoms with Crippen molar-refractivity contribution in [2.75, 3.05) is 7.05 Å². The van der Waals surface area contributed by atoms with Crippen LogP contribution in [0.2, 0.25) is 0 Å². The Morgan fingerprint density at radius 2 is 2.23 bits per heavy atom. The fourth-order valence-electron chi connectivity index (χ4n) is 0.915. The molecule has 0 aromatic carbocycles. The molecule has 1 aliphatic rings. The lowest BCUT2D eigenvalue weighted by Crippen LogP contribution is -2.57. The zero-order valence-corrected chi connectivity index (χ0v) is 6.79. The highest BCUT2D eigenvalue weighted by molar-refractivity contribution is 5.88. The molecule has 1 unspecified atom stereocenters. The highest BCUT2D eigenvalue weighted by Crippen LogP contribution is 2.34. The number of hydrogen-bond donors (Lipinski definition) is 1. The second-order valence-electron chi connectivity index (χ2n) is 2.72. The molecule has 0 radical (unpaired) electrons. The van der Waals surface area contributed by atoms with Gasteiger partial charge in [-0.1, -0.05) is 5.92 Å². The van der Waals surface area contributed by atoms with Gasteiger partial charge in [-0.05, 0) is 6.08 Å². The molecule has 0 saturated carbocycles. The van der Waals surface area contributed by atoms with Crippen LogP contribution in [0.25, 0.3) is 0 Å². The van der Waals surface area contributed by atoms with Gasteiger partial charge >= 0.3 is 11.8 Å². The van der Waals surface area contributed by atoms with E-state index >= 15 is 0 Å². The average Bonchev–Trinajstić information content (AvgIpc) is 2.09. The second-order valence-corrected chi connectivity index (χ2v) is 2.72. The molecule has 0 aliphatic carbocycles. The van der Waals surface area contributed by atoms with Crippen molar-refractivity contribution in [3.05, 3.63) is 12.3 Å². The number of carbonyl (C=O) groups is 1. The second kappa shape index (κ2) is 2.54. The Kier molecular flexibility index (Phi) is 1.89. The minimum absolute atomic E-state index is 0.672. The standard InChI is InChI=1S/C8H7F2NO2/c1-3-7(13)4-5-11(2)6(12)8(7,9)10/h1,4-5,13H,2H3. The Hall–Kier alpha value is -1.41. The van der Waals surface area contributed by atoms with Crippen molar-refractivity contribution in [1.29, 1.82) is 0 Å². The van der Waals surface area contributed by atoms with E-state index < -0.39 is 17.4 Å². The number of carbonyl (C=O) groups excluding carboxylic acids is 1. The molecule has 1 atom stereocenters. The van der Waals surface area contributed by atoms with Gasteiger partial charge in [-0.25, -0.2) is 0 Å². The number of alkyl halides is 2. The lowest BCUT2D eigenvalue weighted by molar-refractivity contribution is -0.179. The SMILES string of the molecule is C#CC1(O)C=CN(C)C(=O)C1(F)F. The molecule has 1 aliphatic heterocycles. The van der Waals surface area contributed by atoms with Crippen LogP contribution in [-0.2, 0) is 4.79 Å². The third-order valence-electron chi connectivity index (χ3n) is 1.83. The summed E-state index contributed by atoms with van der Waals surface area (Å²) in [6, 6.07) is 0. The first-order valence-corrected chi connectivity index (χ1v) is 3.40. The molecular formula is C8H7F2NO2. The fraction of sp³-hybridized carbons (Fsp3) is 0.375. The minimum Gasteiger partial charge on any atom is -0.368 e. The number of terminal acetylenes is 1. The Morgan fingerprint density at radius 1 is 1.69 bits per heavy atom. The van der Waals surface area contributed by atoms with Crippen molar-refractivity contribution in [2.45, 2.75) is 11.5 Å². The van der Waals surface area contributed by atoms with E-state index in [1.165, 1.54) is 5.92 Å². The van der Waals surface area contributed by atoms with Crippen LogP contribution in [0.1, 0.15) is 0 Å². The summed E-state index contributed by atoms with van der Waals surface area (Å²) in [5.41, 5.74) is -2.81. The molecule has 5 heteroatoms. The number of amides is 1. The summed E-state index contributed by atoms with van der Waals surface area (Å²) in [6.45, 7) is 0. The van der Waals surface area contributed by atoms with E-state index in [2.05, 4.69) is 0 Å². The zero-order chi connectivity index (χ0) is 10.3. The van der Waals surface area contributed by atoms with Gasteiger partial charge in [0, 0.05) is 13.2 Å². The molecule has 0 aromatic rings. The summed E-state index contributed by atoms with van der Waals surface area (Å²) in [7, 11) is 1.16. The molecule has 0 fully saturated rings. The predicted molar refractivity (Wildman–Crippen MR) is 40.6 cm³/mol. The summed E-state index contributed by atoms with van der Waals surface area (Å²) in [5.74, 6) is -3.99. The van der Waals surface area contributed by atoms with Crippen molar-refractivity contribution in [2.24, 2.45) is 0 Å². The van der Waals surface area contributed by atoms with Crippen LogP contribution in [0.4, 0.5) is 8.78 Å². The van der Waals surface area contributed by atoms with E-state index in [1.54, 1.807) is 0 Å². The normalized spacial score (nSPS) is 31.6. The topological polar surface area (TPSA) is 40.5 Å². The van der Waals surface area contributed by atoms with Gasteiger partial charge in [0.25, 0.3) is 0 Å². The Labute approximate surface area is 73.6 Å². The molecule has 3 nitrogen and oxygen atoms in total. The summed E-state index contributed by atoms with van der Waals surface area (Å²) in [6.07, 6.45) is 6.45. The van der Waals surface area contributed by atoms with Gasteiger partial charge in [0.1, 0.15) is 0 Å². The molecule has 13 heavy (non-hydrogen) atoms. The van der Waals surface area contributed by atoms with Crippen molar-refractivity contribution in [3.63, 3.8) is 0 Å². The first-order chi connectivity index (χ1) is 5.85. The first-order valence-electron chi connectivity index (χ1n) is 3.40. The molecule has 0 spiro atoms. The molecule has 1 amide bonds. The van der Waals surface area contributed by atoms with Crippen LogP contribution in [0.15, 0.2) is 12.3 Å². The summed E-state index contributed by atoms with van der Waals surface area (Å²) >= 11 is 0. The number of rotatable bonds is 0. The number of aliphatic hydroxyl groups is 1. The third-order valence-corrected chi connectivity index (χ3v) is 1.83. The summed E-state index contributed by atoms with van der Waals surface area (Å²) in [4.78, 5) is 11.6. The van der Waals surface area contributed by atoms with E-state index in [0.29, 0.717) is 11.0 Å². The van der Waals surface area contributed by atoms with Crippen LogP contribution >= 0.6 is 0 Å². The smallest absolute Gasteiger partial charge is 0.367 e. The fourth-order valence-corrected chi connectivity index (χ4v) is 0.915. The Morgan fingerprint density at radius 3 is 2.69 bits per heavy atom. The van der Waals surface area contributed by atoms with Crippen molar-refractivity contribution in [3.8, 4) is 12.3 Å². The van der Waals surface area contributed by atoms with E-state index in [9.17, 15) is 18.7 Å².